The van der Waals surface area contributed by atoms with Gasteiger partial charge in [-0.05, 0) is 35.9 Å². The van der Waals surface area contributed by atoms with Crippen LogP contribution in [0.25, 0.3) is 0 Å². The van der Waals surface area contributed by atoms with Crippen molar-refractivity contribution < 1.29 is 23.5 Å². The van der Waals surface area contributed by atoms with Gasteiger partial charge < -0.3 is 19.4 Å². The minimum Gasteiger partial charge on any atom is -0.467 e. The van der Waals surface area contributed by atoms with Gasteiger partial charge in [0.25, 0.3) is 5.91 Å². The lowest BCUT2D eigenvalue weighted by molar-refractivity contribution is -0.144. The molecule has 1 N–H and O–H groups in total. The highest BCUT2D eigenvalue weighted by Crippen LogP contribution is 2.22. The summed E-state index contributed by atoms with van der Waals surface area (Å²) in [6, 6.07) is 19.4. The SMILES string of the molecule is O=C(CN(Cc1ccco1)C(=O)C1Cc2ccccc2C(=O)O1)Nc1ccccc1. The second kappa shape index (κ2) is 8.65. The first kappa shape index (κ1) is 19.4. The van der Waals surface area contributed by atoms with Crippen LogP contribution in [0.15, 0.2) is 77.4 Å². The number of benzene rings is 2. The summed E-state index contributed by atoms with van der Waals surface area (Å²) in [5, 5.41) is 2.76. The Hall–Kier alpha value is -3.87. The summed E-state index contributed by atoms with van der Waals surface area (Å²) in [5.74, 6) is -0.818. The fourth-order valence-corrected chi connectivity index (χ4v) is 3.37. The molecule has 30 heavy (non-hydrogen) atoms. The van der Waals surface area contributed by atoms with Crippen LogP contribution in [-0.4, -0.2) is 35.3 Å². The molecule has 2 heterocycles. The quantitative estimate of drug-likeness (QED) is 0.638. The van der Waals surface area contributed by atoms with Gasteiger partial charge in [-0.1, -0.05) is 36.4 Å². The highest BCUT2D eigenvalue weighted by atomic mass is 16.5. The number of cyclic esters (lactones) is 1. The van der Waals surface area contributed by atoms with Crippen molar-refractivity contribution in [2.75, 3.05) is 11.9 Å². The Morgan fingerprint density at radius 1 is 1.00 bits per heavy atom. The van der Waals surface area contributed by atoms with Gasteiger partial charge in [0.05, 0.1) is 18.4 Å². The van der Waals surface area contributed by atoms with Crippen LogP contribution >= 0.6 is 0 Å². The van der Waals surface area contributed by atoms with Crippen LogP contribution < -0.4 is 5.32 Å². The van der Waals surface area contributed by atoms with E-state index < -0.39 is 18.0 Å². The van der Waals surface area contributed by atoms with E-state index in [2.05, 4.69) is 5.32 Å². The minimum atomic E-state index is -0.994. The molecule has 1 aliphatic heterocycles. The molecule has 0 radical (unpaired) electrons. The molecule has 1 aliphatic rings. The number of fused-ring (bicyclic) bond motifs is 1. The van der Waals surface area contributed by atoms with Crippen molar-refractivity contribution in [3.8, 4) is 0 Å². The molecule has 2 aromatic carbocycles. The molecule has 7 nitrogen and oxygen atoms in total. The fraction of sp³-hybridized carbons (Fsp3) is 0.174. The predicted molar refractivity (Wildman–Crippen MR) is 109 cm³/mol. The number of nitrogens with zero attached hydrogens (tertiary/aromatic N) is 1. The summed E-state index contributed by atoms with van der Waals surface area (Å²) in [6.45, 7) is -0.117. The zero-order valence-corrected chi connectivity index (χ0v) is 16.1. The van der Waals surface area contributed by atoms with Crippen LogP contribution in [0.4, 0.5) is 5.69 Å². The van der Waals surface area contributed by atoms with Crippen LogP contribution in [0.2, 0.25) is 0 Å². The maximum absolute atomic E-state index is 13.2. The summed E-state index contributed by atoms with van der Waals surface area (Å²) in [6.07, 6.45) is 0.765. The molecule has 1 aromatic heterocycles. The van der Waals surface area contributed by atoms with Gasteiger partial charge in [-0.2, -0.15) is 0 Å². The Bertz CT molecular complexity index is 1050. The van der Waals surface area contributed by atoms with E-state index in [1.807, 2.05) is 12.1 Å². The standard InChI is InChI=1S/C23H20N2O5/c26-21(24-17-8-2-1-3-9-17)15-25(14-18-10-6-12-29-18)22(27)20-13-16-7-4-5-11-19(16)23(28)30-20/h1-12,20H,13-15H2,(H,24,26). The van der Waals surface area contributed by atoms with E-state index in [0.29, 0.717) is 17.0 Å². The van der Waals surface area contributed by atoms with E-state index in [1.54, 1.807) is 54.6 Å². The Kier molecular flexibility index (Phi) is 5.61. The van der Waals surface area contributed by atoms with Gasteiger partial charge >= 0.3 is 5.97 Å². The van der Waals surface area contributed by atoms with Crippen LogP contribution in [0.3, 0.4) is 0 Å². The van der Waals surface area contributed by atoms with Crippen LogP contribution in [0, 0.1) is 0 Å². The van der Waals surface area contributed by atoms with E-state index in [-0.39, 0.29) is 25.4 Å². The van der Waals surface area contributed by atoms with E-state index in [9.17, 15) is 14.4 Å². The number of rotatable bonds is 6. The number of furan rings is 1. The Labute approximate surface area is 173 Å². The number of amides is 2. The van der Waals surface area contributed by atoms with Crippen molar-refractivity contribution in [1.82, 2.24) is 4.90 Å². The molecule has 152 valence electrons. The smallest absolute Gasteiger partial charge is 0.339 e. The topological polar surface area (TPSA) is 88.9 Å². The number of ether oxygens (including phenoxy) is 1. The summed E-state index contributed by atoms with van der Waals surface area (Å²) in [5.41, 5.74) is 1.84. The molecule has 4 rings (SSSR count). The van der Waals surface area contributed by atoms with E-state index in [4.69, 9.17) is 9.15 Å². The largest absolute Gasteiger partial charge is 0.467 e. The molecule has 2 amide bonds. The molecule has 7 heteroatoms. The molecule has 0 saturated heterocycles. The number of para-hydroxylation sites is 1. The second-order valence-corrected chi connectivity index (χ2v) is 6.94. The molecule has 0 fully saturated rings. The lowest BCUT2D eigenvalue weighted by Gasteiger charge is -2.29. The van der Waals surface area contributed by atoms with Crippen molar-refractivity contribution in [3.63, 3.8) is 0 Å². The van der Waals surface area contributed by atoms with E-state index in [0.717, 1.165) is 5.56 Å². The molecule has 0 spiro atoms. The van der Waals surface area contributed by atoms with Gasteiger partial charge in [-0.3, -0.25) is 9.59 Å². The third kappa shape index (κ3) is 4.41. The van der Waals surface area contributed by atoms with Crippen LogP contribution in [0.5, 0.6) is 0 Å². The molecule has 1 unspecified atom stereocenters. The lowest BCUT2D eigenvalue weighted by Crippen LogP contribution is -2.46. The lowest BCUT2D eigenvalue weighted by atomic mass is 9.98. The molecule has 0 aliphatic carbocycles. The number of anilines is 1. The molecule has 1 atom stereocenters. The Balaban J connectivity index is 1.51. The molecular weight excluding hydrogens is 384 g/mol. The number of carbonyl (C=O) groups is 3. The first-order valence-electron chi connectivity index (χ1n) is 9.55. The summed E-state index contributed by atoms with van der Waals surface area (Å²) >= 11 is 0. The first-order chi connectivity index (χ1) is 14.6. The van der Waals surface area contributed by atoms with Gasteiger partial charge in [-0.25, -0.2) is 4.79 Å². The van der Waals surface area contributed by atoms with Crippen molar-refractivity contribution in [1.29, 1.82) is 0 Å². The zero-order valence-electron chi connectivity index (χ0n) is 16.1. The average Bonchev–Trinajstić information content (AvgIpc) is 3.26. The Morgan fingerprint density at radius 2 is 1.77 bits per heavy atom. The normalized spacial score (nSPS) is 15.1. The fourth-order valence-electron chi connectivity index (χ4n) is 3.37. The van der Waals surface area contributed by atoms with Crippen molar-refractivity contribution in [2.24, 2.45) is 0 Å². The molecular formula is C23H20N2O5. The Morgan fingerprint density at radius 3 is 2.53 bits per heavy atom. The minimum absolute atomic E-state index is 0.0870. The molecule has 0 bridgehead atoms. The first-order valence-corrected chi connectivity index (χ1v) is 9.55. The predicted octanol–water partition coefficient (Wildman–Crippen LogP) is 3.03. The van der Waals surface area contributed by atoms with Gasteiger partial charge in [0.2, 0.25) is 5.91 Å². The summed E-state index contributed by atoms with van der Waals surface area (Å²) in [4.78, 5) is 39.4. The van der Waals surface area contributed by atoms with Crippen molar-refractivity contribution >= 4 is 23.5 Å². The molecule has 3 aromatic rings. The van der Waals surface area contributed by atoms with Gasteiger partial charge in [0.1, 0.15) is 12.3 Å². The maximum atomic E-state index is 13.2. The number of hydrogen-bond acceptors (Lipinski definition) is 5. The second-order valence-electron chi connectivity index (χ2n) is 6.94. The number of esters is 1. The third-order valence-corrected chi connectivity index (χ3v) is 4.80. The van der Waals surface area contributed by atoms with Gasteiger partial charge in [0, 0.05) is 12.1 Å². The van der Waals surface area contributed by atoms with Crippen LogP contribution in [0.1, 0.15) is 21.7 Å². The summed E-state index contributed by atoms with van der Waals surface area (Å²) in [7, 11) is 0. The van der Waals surface area contributed by atoms with Crippen molar-refractivity contribution in [3.05, 3.63) is 89.9 Å². The zero-order chi connectivity index (χ0) is 20.9. The number of hydrogen-bond donors (Lipinski definition) is 1. The van der Waals surface area contributed by atoms with E-state index >= 15 is 0 Å². The van der Waals surface area contributed by atoms with Crippen LogP contribution in [-0.2, 0) is 27.3 Å². The van der Waals surface area contributed by atoms with Gasteiger partial charge in [-0.15, -0.1) is 0 Å². The molecule has 0 saturated carbocycles. The highest BCUT2D eigenvalue weighted by molar-refractivity contribution is 5.98. The van der Waals surface area contributed by atoms with E-state index in [1.165, 1.54) is 11.2 Å². The third-order valence-electron chi connectivity index (χ3n) is 4.80. The average molecular weight is 404 g/mol. The maximum Gasteiger partial charge on any atom is 0.339 e. The highest BCUT2D eigenvalue weighted by Gasteiger charge is 2.34. The number of carbonyl (C=O) groups excluding carboxylic acids is 3. The van der Waals surface area contributed by atoms with Crippen molar-refractivity contribution in [2.45, 2.75) is 19.1 Å². The van der Waals surface area contributed by atoms with Gasteiger partial charge in [0.15, 0.2) is 6.10 Å². The number of nitrogens with one attached hydrogen (secondary N) is 1. The monoisotopic (exact) mass is 404 g/mol. The summed E-state index contributed by atoms with van der Waals surface area (Å²) < 4.78 is 10.7.